The second-order valence-electron chi connectivity index (χ2n) is 24.9. The standard InChI is InChI=1S/C73H141NO5/c1-3-5-7-9-11-13-15-17-19-21-22-27-30-34-37-41-45-49-53-57-61-65-71(76)70(69-75)74-72(77)66-62-58-54-50-46-42-38-35-31-28-25-23-24-26-29-32-36-40-44-48-52-56-60-64-68-79-73(78)67-63-59-55-51-47-43-39-33-20-18-16-14-12-10-8-6-4-2/h12,14,18,20,70-71,75-76H,3-11,13,15-17,19,21-69H2,1-2H3,(H,74,77)/b14-12-,20-18-. The van der Waals surface area contributed by atoms with E-state index in [1.165, 1.54) is 321 Å². The van der Waals surface area contributed by atoms with E-state index >= 15 is 0 Å². The maximum Gasteiger partial charge on any atom is 0.305 e. The summed E-state index contributed by atoms with van der Waals surface area (Å²) in [6.07, 6.45) is 86.5. The molecule has 0 aliphatic rings. The van der Waals surface area contributed by atoms with Gasteiger partial charge in [-0.1, -0.05) is 359 Å². The van der Waals surface area contributed by atoms with Gasteiger partial charge in [0.1, 0.15) is 0 Å². The first-order chi connectivity index (χ1) is 39.0. The lowest BCUT2D eigenvalue weighted by Gasteiger charge is -2.22. The van der Waals surface area contributed by atoms with Crippen LogP contribution in [0.25, 0.3) is 0 Å². The fourth-order valence-electron chi connectivity index (χ4n) is 11.5. The number of aliphatic hydroxyl groups is 2. The topological polar surface area (TPSA) is 95.9 Å². The summed E-state index contributed by atoms with van der Waals surface area (Å²) in [7, 11) is 0. The van der Waals surface area contributed by atoms with E-state index in [0.29, 0.717) is 25.9 Å². The molecule has 2 unspecified atom stereocenters. The Kier molecular flexibility index (Phi) is 67.4. The van der Waals surface area contributed by atoms with E-state index < -0.39 is 12.1 Å². The highest BCUT2D eigenvalue weighted by molar-refractivity contribution is 5.76. The van der Waals surface area contributed by atoms with Gasteiger partial charge in [-0.2, -0.15) is 0 Å². The summed E-state index contributed by atoms with van der Waals surface area (Å²) in [6.45, 7) is 4.97. The Labute approximate surface area is 494 Å². The predicted octanol–water partition coefficient (Wildman–Crippen LogP) is 23.3. The molecule has 0 bridgehead atoms. The van der Waals surface area contributed by atoms with E-state index in [2.05, 4.69) is 43.5 Å². The van der Waals surface area contributed by atoms with Crippen LogP contribution in [0, 0.1) is 0 Å². The molecular weight excluding hydrogens is 971 g/mol. The minimum Gasteiger partial charge on any atom is -0.466 e. The fourth-order valence-corrected chi connectivity index (χ4v) is 11.5. The molecule has 0 aliphatic carbocycles. The zero-order valence-corrected chi connectivity index (χ0v) is 53.6. The van der Waals surface area contributed by atoms with Gasteiger partial charge in [-0.25, -0.2) is 0 Å². The number of amides is 1. The lowest BCUT2D eigenvalue weighted by molar-refractivity contribution is -0.143. The van der Waals surface area contributed by atoms with Crippen molar-refractivity contribution >= 4 is 11.9 Å². The molecule has 0 heterocycles. The Morgan fingerprint density at radius 2 is 0.633 bits per heavy atom. The SMILES string of the molecule is CCCCC/C=C\C/C=C\CCCCCCCCCC(=O)OCCCCCCCCCCCCCCCCCCCCCCCCCCC(=O)NC(CO)C(O)CCCCCCCCCCCCCCCCCCCCCCC. The normalized spacial score (nSPS) is 12.6. The average molecular weight is 1110 g/mol. The molecule has 0 aliphatic heterocycles. The number of carbonyl (C=O) groups is 2. The molecule has 0 aromatic heterocycles. The first-order valence-corrected chi connectivity index (χ1v) is 36.1. The zero-order valence-electron chi connectivity index (χ0n) is 53.6. The molecular formula is C73H141NO5. The van der Waals surface area contributed by atoms with Crippen molar-refractivity contribution < 1.29 is 24.5 Å². The Balaban J connectivity index is 3.36. The van der Waals surface area contributed by atoms with E-state index in [1.54, 1.807) is 0 Å². The molecule has 6 nitrogen and oxygen atoms in total. The Hall–Kier alpha value is -1.66. The van der Waals surface area contributed by atoms with Crippen molar-refractivity contribution in [1.29, 1.82) is 0 Å². The van der Waals surface area contributed by atoms with Crippen molar-refractivity contribution in [2.45, 2.75) is 418 Å². The van der Waals surface area contributed by atoms with Gasteiger partial charge in [-0.3, -0.25) is 9.59 Å². The molecule has 0 aromatic rings. The Morgan fingerprint density at radius 3 is 0.987 bits per heavy atom. The number of unbranched alkanes of at least 4 members (excludes halogenated alkanes) is 53. The lowest BCUT2D eigenvalue weighted by Crippen LogP contribution is -2.45. The van der Waals surface area contributed by atoms with Crippen LogP contribution in [0.3, 0.4) is 0 Å². The smallest absolute Gasteiger partial charge is 0.305 e. The maximum atomic E-state index is 12.6. The van der Waals surface area contributed by atoms with Gasteiger partial charge < -0.3 is 20.3 Å². The third kappa shape index (κ3) is 65.4. The van der Waals surface area contributed by atoms with Gasteiger partial charge in [-0.05, 0) is 57.8 Å². The van der Waals surface area contributed by atoms with E-state index in [4.69, 9.17) is 4.74 Å². The Bertz CT molecular complexity index is 1230. The van der Waals surface area contributed by atoms with Crippen LogP contribution in [-0.2, 0) is 14.3 Å². The maximum absolute atomic E-state index is 12.6. The van der Waals surface area contributed by atoms with E-state index in [0.717, 1.165) is 51.4 Å². The van der Waals surface area contributed by atoms with Crippen LogP contribution in [-0.4, -0.2) is 47.4 Å². The monoisotopic (exact) mass is 1110 g/mol. The lowest BCUT2D eigenvalue weighted by atomic mass is 10.0. The number of allylic oxidation sites excluding steroid dienone is 4. The quantitative estimate of drug-likeness (QED) is 0.0320. The minimum absolute atomic E-state index is 0.00869. The predicted molar refractivity (Wildman–Crippen MR) is 347 cm³/mol. The number of aliphatic hydroxyl groups excluding tert-OH is 2. The average Bonchev–Trinajstić information content (AvgIpc) is 3.45. The highest BCUT2D eigenvalue weighted by Gasteiger charge is 2.20. The second-order valence-corrected chi connectivity index (χ2v) is 24.9. The third-order valence-corrected chi connectivity index (χ3v) is 17.0. The van der Waals surface area contributed by atoms with Gasteiger partial charge in [0.15, 0.2) is 0 Å². The van der Waals surface area contributed by atoms with Crippen LogP contribution in [0.1, 0.15) is 406 Å². The highest BCUT2D eigenvalue weighted by atomic mass is 16.5. The third-order valence-electron chi connectivity index (χ3n) is 17.0. The van der Waals surface area contributed by atoms with Gasteiger partial charge in [0.2, 0.25) is 5.91 Å². The van der Waals surface area contributed by atoms with Crippen molar-refractivity contribution in [2.75, 3.05) is 13.2 Å². The number of hydrogen-bond donors (Lipinski definition) is 3. The molecule has 3 N–H and O–H groups in total. The van der Waals surface area contributed by atoms with Crippen LogP contribution in [0.5, 0.6) is 0 Å². The summed E-state index contributed by atoms with van der Waals surface area (Å²) in [5, 5.41) is 23.4. The molecule has 0 aromatic carbocycles. The van der Waals surface area contributed by atoms with Crippen molar-refractivity contribution in [3.8, 4) is 0 Å². The first-order valence-electron chi connectivity index (χ1n) is 36.1. The summed E-state index contributed by atoms with van der Waals surface area (Å²) in [5.74, 6) is -0.0206. The van der Waals surface area contributed by atoms with Crippen LogP contribution in [0.15, 0.2) is 24.3 Å². The summed E-state index contributed by atoms with van der Waals surface area (Å²) >= 11 is 0. The summed E-state index contributed by atoms with van der Waals surface area (Å²) in [4.78, 5) is 24.6. The number of rotatable bonds is 68. The van der Waals surface area contributed by atoms with Crippen molar-refractivity contribution in [1.82, 2.24) is 5.32 Å². The largest absolute Gasteiger partial charge is 0.466 e. The molecule has 79 heavy (non-hydrogen) atoms. The van der Waals surface area contributed by atoms with Crippen LogP contribution in [0.2, 0.25) is 0 Å². The van der Waals surface area contributed by atoms with Gasteiger partial charge in [0.05, 0.1) is 25.4 Å². The van der Waals surface area contributed by atoms with E-state index in [1.807, 2.05) is 0 Å². The molecule has 0 fully saturated rings. The summed E-state index contributed by atoms with van der Waals surface area (Å²) in [6, 6.07) is -0.542. The number of esters is 1. The number of hydrogen-bond acceptors (Lipinski definition) is 5. The van der Waals surface area contributed by atoms with Crippen LogP contribution >= 0.6 is 0 Å². The summed E-state index contributed by atoms with van der Waals surface area (Å²) < 4.78 is 5.50. The second kappa shape index (κ2) is 68.8. The fraction of sp³-hybridized carbons (Fsp3) is 0.918. The Morgan fingerprint density at radius 1 is 0.354 bits per heavy atom. The van der Waals surface area contributed by atoms with Crippen LogP contribution < -0.4 is 5.32 Å². The van der Waals surface area contributed by atoms with Crippen molar-refractivity contribution in [3.05, 3.63) is 24.3 Å². The number of nitrogens with one attached hydrogen (secondary N) is 1. The first kappa shape index (κ1) is 77.3. The van der Waals surface area contributed by atoms with Gasteiger partial charge >= 0.3 is 5.97 Å². The van der Waals surface area contributed by atoms with E-state index in [9.17, 15) is 19.8 Å². The van der Waals surface area contributed by atoms with Crippen molar-refractivity contribution in [2.24, 2.45) is 0 Å². The van der Waals surface area contributed by atoms with Crippen LogP contribution in [0.4, 0.5) is 0 Å². The molecule has 0 spiro atoms. The molecule has 2 atom stereocenters. The molecule has 0 rings (SSSR count). The highest BCUT2D eigenvalue weighted by Crippen LogP contribution is 2.19. The van der Waals surface area contributed by atoms with Gasteiger partial charge in [0, 0.05) is 12.8 Å². The van der Waals surface area contributed by atoms with Crippen molar-refractivity contribution in [3.63, 3.8) is 0 Å². The molecule has 0 saturated carbocycles. The molecule has 6 heteroatoms. The number of ether oxygens (including phenoxy) is 1. The number of carbonyl (C=O) groups excluding carboxylic acids is 2. The van der Waals surface area contributed by atoms with Gasteiger partial charge in [-0.15, -0.1) is 0 Å². The van der Waals surface area contributed by atoms with E-state index in [-0.39, 0.29) is 18.5 Å². The zero-order chi connectivity index (χ0) is 57.1. The molecule has 0 saturated heterocycles. The summed E-state index contributed by atoms with van der Waals surface area (Å²) in [5.41, 5.74) is 0. The molecule has 0 radical (unpaired) electrons. The van der Waals surface area contributed by atoms with Gasteiger partial charge in [0.25, 0.3) is 0 Å². The minimum atomic E-state index is -0.665. The molecule has 468 valence electrons. The molecule has 1 amide bonds.